The van der Waals surface area contributed by atoms with Crippen LogP contribution in [0.25, 0.3) is 0 Å². The summed E-state index contributed by atoms with van der Waals surface area (Å²) in [5.41, 5.74) is 0.0706. The van der Waals surface area contributed by atoms with Gasteiger partial charge in [-0.2, -0.15) is 0 Å². The van der Waals surface area contributed by atoms with E-state index in [1.54, 1.807) is 0 Å². The van der Waals surface area contributed by atoms with Crippen molar-refractivity contribution in [3.8, 4) is 0 Å². The van der Waals surface area contributed by atoms with E-state index in [1.165, 1.54) is 0 Å². The highest BCUT2D eigenvalue weighted by atomic mass is 32.2. The Morgan fingerprint density at radius 3 is 2.54 bits per heavy atom. The first kappa shape index (κ1) is 9.50. The summed E-state index contributed by atoms with van der Waals surface area (Å²) in [6.45, 7) is 6.54. The van der Waals surface area contributed by atoms with E-state index in [4.69, 9.17) is 0 Å². The van der Waals surface area contributed by atoms with Gasteiger partial charge in [-0.05, 0) is 30.1 Å². The number of sulfone groups is 1. The number of hydrogen-bond acceptors (Lipinski definition) is 2. The third-order valence-electron chi connectivity index (χ3n) is 4.32. The Bertz CT molecular complexity index is 320. The van der Waals surface area contributed by atoms with Gasteiger partial charge in [-0.15, -0.1) is 0 Å². The average molecular weight is 202 g/mol. The van der Waals surface area contributed by atoms with Gasteiger partial charge in [-0.3, -0.25) is 0 Å². The molecule has 13 heavy (non-hydrogen) atoms. The molecule has 1 aliphatic carbocycles. The molecule has 1 saturated heterocycles. The van der Waals surface area contributed by atoms with Crippen LogP contribution in [0.15, 0.2) is 0 Å². The molecule has 0 aromatic rings. The van der Waals surface area contributed by atoms with Gasteiger partial charge < -0.3 is 0 Å². The van der Waals surface area contributed by atoms with Crippen molar-refractivity contribution < 1.29 is 8.42 Å². The van der Waals surface area contributed by atoms with Crippen LogP contribution in [0.3, 0.4) is 0 Å². The predicted octanol–water partition coefficient (Wildman–Crippen LogP) is 1.86. The second kappa shape index (κ2) is 2.50. The Morgan fingerprint density at radius 2 is 1.92 bits per heavy atom. The first-order valence-corrected chi connectivity index (χ1v) is 6.78. The van der Waals surface area contributed by atoms with E-state index < -0.39 is 9.84 Å². The molecular formula is C10H18O2S. The van der Waals surface area contributed by atoms with Gasteiger partial charge in [0.1, 0.15) is 0 Å². The van der Waals surface area contributed by atoms with E-state index in [0.29, 0.717) is 17.6 Å². The fourth-order valence-electron chi connectivity index (χ4n) is 3.14. The molecule has 3 heteroatoms. The molecule has 0 radical (unpaired) electrons. The minimum atomic E-state index is -2.75. The highest BCUT2D eigenvalue weighted by molar-refractivity contribution is 7.92. The molecule has 4 unspecified atom stereocenters. The first-order valence-electron chi connectivity index (χ1n) is 5.07. The lowest BCUT2D eigenvalue weighted by atomic mass is 9.65. The van der Waals surface area contributed by atoms with Crippen LogP contribution in [0.1, 0.15) is 33.6 Å². The summed E-state index contributed by atoms with van der Waals surface area (Å²) in [6, 6.07) is 0. The van der Waals surface area contributed by atoms with Gasteiger partial charge in [-0.1, -0.05) is 20.8 Å². The minimum Gasteiger partial charge on any atom is -0.229 e. The van der Waals surface area contributed by atoms with Gasteiger partial charge in [0.25, 0.3) is 0 Å². The molecule has 2 rings (SSSR count). The van der Waals surface area contributed by atoms with Crippen molar-refractivity contribution in [3.63, 3.8) is 0 Å². The summed E-state index contributed by atoms with van der Waals surface area (Å²) in [5.74, 6) is 1.55. The third-order valence-corrected chi connectivity index (χ3v) is 6.76. The monoisotopic (exact) mass is 202 g/mol. The predicted molar refractivity (Wildman–Crippen MR) is 53.2 cm³/mol. The summed E-state index contributed by atoms with van der Waals surface area (Å²) >= 11 is 0. The van der Waals surface area contributed by atoms with E-state index in [2.05, 4.69) is 20.8 Å². The summed E-state index contributed by atoms with van der Waals surface area (Å²) in [5, 5.41) is -0.0244. The highest BCUT2D eigenvalue weighted by Crippen LogP contribution is 2.52. The smallest absolute Gasteiger partial charge is 0.153 e. The topological polar surface area (TPSA) is 34.1 Å². The summed E-state index contributed by atoms with van der Waals surface area (Å²) in [4.78, 5) is 0. The van der Waals surface area contributed by atoms with Crippen LogP contribution in [0.2, 0.25) is 0 Å². The third kappa shape index (κ3) is 1.24. The molecule has 2 fully saturated rings. The van der Waals surface area contributed by atoms with Crippen LogP contribution < -0.4 is 0 Å². The van der Waals surface area contributed by atoms with Gasteiger partial charge in [0, 0.05) is 0 Å². The highest BCUT2D eigenvalue weighted by Gasteiger charge is 2.53. The zero-order valence-electron chi connectivity index (χ0n) is 8.58. The van der Waals surface area contributed by atoms with Crippen molar-refractivity contribution in [1.82, 2.24) is 0 Å². The van der Waals surface area contributed by atoms with Crippen molar-refractivity contribution in [3.05, 3.63) is 0 Å². The number of rotatable bonds is 0. The van der Waals surface area contributed by atoms with Gasteiger partial charge in [0.2, 0.25) is 0 Å². The second-order valence-corrected chi connectivity index (χ2v) is 7.57. The molecule has 0 N–H and O–H groups in total. The lowest BCUT2D eigenvalue weighted by Gasteiger charge is -2.38. The van der Waals surface area contributed by atoms with Gasteiger partial charge >= 0.3 is 0 Å². The summed E-state index contributed by atoms with van der Waals surface area (Å²) in [6.07, 6.45) is 1.79. The van der Waals surface area contributed by atoms with E-state index in [1.807, 2.05) is 0 Å². The van der Waals surface area contributed by atoms with Crippen molar-refractivity contribution in [2.75, 3.05) is 5.75 Å². The molecule has 1 heterocycles. The van der Waals surface area contributed by atoms with Gasteiger partial charge in [0.05, 0.1) is 11.0 Å². The maximum atomic E-state index is 11.7. The van der Waals surface area contributed by atoms with Crippen LogP contribution in [0.4, 0.5) is 0 Å². The van der Waals surface area contributed by atoms with Crippen LogP contribution in [0.5, 0.6) is 0 Å². The normalized spacial score (nSPS) is 53.6. The minimum absolute atomic E-state index is 0.0244. The number of fused-ring (bicyclic) bond motifs is 2. The molecule has 0 amide bonds. The Hall–Kier alpha value is -0.0500. The lowest BCUT2D eigenvalue weighted by Crippen LogP contribution is -2.35. The van der Waals surface area contributed by atoms with Gasteiger partial charge in [-0.25, -0.2) is 8.42 Å². The molecule has 2 bridgehead atoms. The largest absolute Gasteiger partial charge is 0.229 e. The van der Waals surface area contributed by atoms with E-state index in [9.17, 15) is 8.42 Å². The Morgan fingerprint density at radius 1 is 1.31 bits per heavy atom. The van der Waals surface area contributed by atoms with Crippen molar-refractivity contribution in [2.45, 2.75) is 38.9 Å². The second-order valence-electron chi connectivity index (χ2n) is 5.29. The van der Waals surface area contributed by atoms with E-state index >= 15 is 0 Å². The maximum absolute atomic E-state index is 11.7. The van der Waals surface area contributed by atoms with Crippen molar-refractivity contribution in [1.29, 1.82) is 0 Å². The summed E-state index contributed by atoms with van der Waals surface area (Å²) < 4.78 is 23.5. The zero-order chi connectivity index (χ0) is 9.85. The number of hydrogen-bond donors (Lipinski definition) is 0. The van der Waals surface area contributed by atoms with Crippen LogP contribution in [0, 0.1) is 17.3 Å². The standard InChI is InChI=1S/C10H18O2S/c1-7-4-9-5-10(3,8(7)2)6-13(9,11)12/h7-9H,4-6H2,1-3H3. The lowest BCUT2D eigenvalue weighted by molar-refractivity contribution is 0.122. The van der Waals surface area contributed by atoms with E-state index in [-0.39, 0.29) is 10.7 Å². The molecule has 1 saturated carbocycles. The molecule has 0 spiro atoms. The average Bonchev–Trinajstić information content (AvgIpc) is 2.17. The zero-order valence-corrected chi connectivity index (χ0v) is 9.39. The molecule has 4 atom stereocenters. The van der Waals surface area contributed by atoms with Gasteiger partial charge in [0.15, 0.2) is 9.84 Å². The fraction of sp³-hybridized carbons (Fsp3) is 1.00. The molecule has 0 aromatic carbocycles. The molecule has 0 aromatic heterocycles. The maximum Gasteiger partial charge on any atom is 0.153 e. The van der Waals surface area contributed by atoms with Crippen LogP contribution in [-0.4, -0.2) is 19.4 Å². The fourth-order valence-corrected chi connectivity index (χ4v) is 5.90. The summed E-state index contributed by atoms with van der Waals surface area (Å²) in [7, 11) is -2.75. The van der Waals surface area contributed by atoms with Crippen molar-refractivity contribution in [2.24, 2.45) is 17.3 Å². The van der Waals surface area contributed by atoms with Crippen LogP contribution in [-0.2, 0) is 9.84 Å². The Labute approximate surface area is 80.6 Å². The van der Waals surface area contributed by atoms with E-state index in [0.717, 1.165) is 12.8 Å². The molecule has 2 aliphatic rings. The molecular weight excluding hydrogens is 184 g/mol. The van der Waals surface area contributed by atoms with Crippen molar-refractivity contribution >= 4 is 9.84 Å². The Kier molecular flexibility index (Phi) is 1.83. The SMILES string of the molecule is CC1CC2CC(C)(CS2(=O)=O)C1C. The molecule has 2 nitrogen and oxygen atoms in total. The quantitative estimate of drug-likeness (QED) is 0.601. The first-order chi connectivity index (χ1) is 5.85. The Balaban J connectivity index is 2.41. The molecule has 76 valence electrons. The van der Waals surface area contributed by atoms with Crippen LogP contribution >= 0.6 is 0 Å². The molecule has 1 aliphatic heterocycles.